The Morgan fingerprint density at radius 1 is 1.38 bits per heavy atom. The number of pyridine rings is 1. The molecule has 0 aliphatic heterocycles. The van der Waals surface area contributed by atoms with Gasteiger partial charge >= 0.3 is 0 Å². The molecule has 1 rings (SSSR count). The molecule has 3 heteroatoms. The van der Waals surface area contributed by atoms with Crippen LogP contribution in [-0.4, -0.2) is 27.6 Å². The fourth-order valence-electron chi connectivity index (χ4n) is 1.75. The Balaban J connectivity index is 2.81. The zero-order chi connectivity index (χ0) is 12.1. The van der Waals surface area contributed by atoms with E-state index in [1.165, 1.54) is 0 Å². The van der Waals surface area contributed by atoms with Crippen molar-refractivity contribution in [3.8, 4) is 5.75 Å². The van der Waals surface area contributed by atoms with Gasteiger partial charge in [-0.05, 0) is 38.9 Å². The Kier molecular flexibility index (Phi) is 4.74. The number of aromatic hydroxyl groups is 1. The van der Waals surface area contributed by atoms with Crippen LogP contribution in [0.4, 0.5) is 0 Å². The lowest BCUT2D eigenvalue weighted by Gasteiger charge is -2.26. The van der Waals surface area contributed by atoms with Crippen molar-refractivity contribution in [3.05, 3.63) is 23.5 Å². The predicted molar refractivity (Wildman–Crippen MR) is 66.5 cm³/mol. The highest BCUT2D eigenvalue weighted by Crippen LogP contribution is 2.18. The molecule has 1 atom stereocenters. The van der Waals surface area contributed by atoms with Crippen molar-refractivity contribution in [2.24, 2.45) is 0 Å². The second kappa shape index (κ2) is 5.85. The maximum absolute atomic E-state index is 9.74. The standard InChI is InChI=1S/C13H22N2O/c1-5-11(4)15(6-2)9-12-13(16)8-7-10(3)14-12/h7-8,11,16H,5-6,9H2,1-4H3. The summed E-state index contributed by atoms with van der Waals surface area (Å²) < 4.78 is 0. The summed E-state index contributed by atoms with van der Waals surface area (Å²) in [6.45, 7) is 10.2. The molecule has 0 bridgehead atoms. The lowest BCUT2D eigenvalue weighted by molar-refractivity contribution is 0.201. The SMILES string of the molecule is CCC(C)N(CC)Cc1nc(C)ccc1O. The van der Waals surface area contributed by atoms with Crippen molar-refractivity contribution in [3.63, 3.8) is 0 Å². The van der Waals surface area contributed by atoms with Gasteiger partial charge in [0.15, 0.2) is 0 Å². The van der Waals surface area contributed by atoms with E-state index in [0.29, 0.717) is 11.8 Å². The lowest BCUT2D eigenvalue weighted by atomic mass is 10.2. The van der Waals surface area contributed by atoms with Gasteiger partial charge in [0.1, 0.15) is 5.75 Å². The van der Waals surface area contributed by atoms with E-state index in [-0.39, 0.29) is 0 Å². The van der Waals surface area contributed by atoms with E-state index in [1.54, 1.807) is 6.07 Å². The molecule has 0 fully saturated rings. The van der Waals surface area contributed by atoms with Crippen LogP contribution in [0, 0.1) is 6.92 Å². The van der Waals surface area contributed by atoms with Crippen LogP contribution >= 0.6 is 0 Å². The molecule has 3 nitrogen and oxygen atoms in total. The summed E-state index contributed by atoms with van der Waals surface area (Å²) in [5, 5.41) is 9.74. The maximum atomic E-state index is 9.74. The largest absolute Gasteiger partial charge is 0.506 e. The van der Waals surface area contributed by atoms with Crippen molar-refractivity contribution < 1.29 is 5.11 Å². The molecule has 1 N–H and O–H groups in total. The summed E-state index contributed by atoms with van der Waals surface area (Å²) in [4.78, 5) is 6.71. The first kappa shape index (κ1) is 13.0. The van der Waals surface area contributed by atoms with E-state index < -0.39 is 0 Å². The van der Waals surface area contributed by atoms with Crippen LogP contribution < -0.4 is 0 Å². The molecule has 90 valence electrons. The van der Waals surface area contributed by atoms with E-state index in [9.17, 15) is 5.11 Å². The normalized spacial score (nSPS) is 13.1. The number of aryl methyl sites for hydroxylation is 1. The topological polar surface area (TPSA) is 36.4 Å². The zero-order valence-electron chi connectivity index (χ0n) is 10.7. The first-order valence-corrected chi connectivity index (χ1v) is 5.98. The third-order valence-electron chi connectivity index (χ3n) is 3.06. The van der Waals surface area contributed by atoms with E-state index in [0.717, 1.165) is 30.9 Å². The van der Waals surface area contributed by atoms with Gasteiger partial charge in [0.25, 0.3) is 0 Å². The van der Waals surface area contributed by atoms with Crippen LogP contribution in [-0.2, 0) is 6.54 Å². The average molecular weight is 222 g/mol. The van der Waals surface area contributed by atoms with E-state index in [1.807, 2.05) is 13.0 Å². The van der Waals surface area contributed by atoms with Gasteiger partial charge in [-0.1, -0.05) is 13.8 Å². The van der Waals surface area contributed by atoms with Crippen molar-refractivity contribution in [1.29, 1.82) is 0 Å². The van der Waals surface area contributed by atoms with E-state index in [4.69, 9.17) is 0 Å². The third-order valence-corrected chi connectivity index (χ3v) is 3.06. The van der Waals surface area contributed by atoms with Gasteiger partial charge in [0, 0.05) is 18.3 Å². The highest BCUT2D eigenvalue weighted by atomic mass is 16.3. The number of aromatic nitrogens is 1. The van der Waals surface area contributed by atoms with Gasteiger partial charge in [-0.3, -0.25) is 9.88 Å². The van der Waals surface area contributed by atoms with Gasteiger partial charge in [0.2, 0.25) is 0 Å². The first-order valence-electron chi connectivity index (χ1n) is 5.98. The minimum atomic E-state index is 0.298. The smallest absolute Gasteiger partial charge is 0.138 e. The lowest BCUT2D eigenvalue weighted by Crippen LogP contribution is -2.32. The first-order chi connectivity index (χ1) is 7.58. The maximum Gasteiger partial charge on any atom is 0.138 e. The van der Waals surface area contributed by atoms with Gasteiger partial charge in [-0.2, -0.15) is 0 Å². The van der Waals surface area contributed by atoms with Crippen molar-refractivity contribution in [1.82, 2.24) is 9.88 Å². The average Bonchev–Trinajstić information content (AvgIpc) is 2.29. The number of hydrogen-bond acceptors (Lipinski definition) is 3. The number of nitrogens with zero attached hydrogens (tertiary/aromatic N) is 2. The Morgan fingerprint density at radius 2 is 2.06 bits per heavy atom. The Hall–Kier alpha value is -1.09. The van der Waals surface area contributed by atoms with Crippen molar-refractivity contribution in [2.75, 3.05) is 6.54 Å². The van der Waals surface area contributed by atoms with Gasteiger partial charge in [0.05, 0.1) is 5.69 Å². The summed E-state index contributed by atoms with van der Waals surface area (Å²) in [5.74, 6) is 0.298. The molecule has 1 heterocycles. The van der Waals surface area contributed by atoms with Crippen LogP contribution in [0.25, 0.3) is 0 Å². The Bertz CT molecular complexity index is 339. The van der Waals surface area contributed by atoms with Crippen molar-refractivity contribution >= 4 is 0 Å². The van der Waals surface area contributed by atoms with Crippen LogP contribution in [0.1, 0.15) is 38.6 Å². The van der Waals surface area contributed by atoms with Crippen LogP contribution in [0.5, 0.6) is 5.75 Å². The van der Waals surface area contributed by atoms with Gasteiger partial charge in [-0.15, -0.1) is 0 Å². The molecular weight excluding hydrogens is 200 g/mol. The van der Waals surface area contributed by atoms with Crippen LogP contribution in [0.2, 0.25) is 0 Å². The van der Waals surface area contributed by atoms with Crippen molar-refractivity contribution in [2.45, 2.75) is 46.7 Å². The quantitative estimate of drug-likeness (QED) is 0.832. The molecular formula is C13H22N2O. The summed E-state index contributed by atoms with van der Waals surface area (Å²) in [7, 11) is 0. The molecule has 0 radical (unpaired) electrons. The van der Waals surface area contributed by atoms with E-state index in [2.05, 4.69) is 30.7 Å². The molecule has 0 saturated heterocycles. The zero-order valence-corrected chi connectivity index (χ0v) is 10.7. The number of rotatable bonds is 5. The second-order valence-corrected chi connectivity index (χ2v) is 4.24. The molecule has 0 aromatic carbocycles. The summed E-state index contributed by atoms with van der Waals surface area (Å²) in [6, 6.07) is 4.08. The summed E-state index contributed by atoms with van der Waals surface area (Å²) in [6.07, 6.45) is 1.11. The van der Waals surface area contributed by atoms with Gasteiger partial charge < -0.3 is 5.11 Å². The minimum absolute atomic E-state index is 0.298. The minimum Gasteiger partial charge on any atom is -0.506 e. The van der Waals surface area contributed by atoms with Crippen LogP contribution in [0.3, 0.4) is 0 Å². The second-order valence-electron chi connectivity index (χ2n) is 4.24. The monoisotopic (exact) mass is 222 g/mol. The molecule has 0 aliphatic carbocycles. The molecule has 0 spiro atoms. The molecule has 1 aromatic heterocycles. The highest BCUT2D eigenvalue weighted by molar-refractivity contribution is 5.27. The third kappa shape index (κ3) is 3.20. The molecule has 1 aromatic rings. The molecule has 0 amide bonds. The molecule has 1 unspecified atom stereocenters. The van der Waals surface area contributed by atoms with E-state index >= 15 is 0 Å². The Morgan fingerprint density at radius 3 is 2.62 bits per heavy atom. The van der Waals surface area contributed by atoms with Gasteiger partial charge in [-0.25, -0.2) is 0 Å². The predicted octanol–water partition coefficient (Wildman–Crippen LogP) is 2.72. The highest BCUT2D eigenvalue weighted by Gasteiger charge is 2.13. The number of hydrogen-bond donors (Lipinski definition) is 1. The molecule has 0 saturated carbocycles. The molecule has 16 heavy (non-hydrogen) atoms. The Labute approximate surface area is 98.1 Å². The fourth-order valence-corrected chi connectivity index (χ4v) is 1.75. The summed E-state index contributed by atoms with van der Waals surface area (Å²) in [5.41, 5.74) is 1.73. The fraction of sp³-hybridized carbons (Fsp3) is 0.615. The summed E-state index contributed by atoms with van der Waals surface area (Å²) >= 11 is 0. The van der Waals surface area contributed by atoms with Crippen LogP contribution in [0.15, 0.2) is 12.1 Å². The molecule has 0 aliphatic rings.